The summed E-state index contributed by atoms with van der Waals surface area (Å²) in [5, 5.41) is 8.76. The summed E-state index contributed by atoms with van der Waals surface area (Å²) in [4.78, 5) is 0. The molecule has 21 heavy (non-hydrogen) atoms. The highest BCUT2D eigenvalue weighted by molar-refractivity contribution is 5.70. The first-order chi connectivity index (χ1) is 10.3. The zero-order valence-electron chi connectivity index (χ0n) is 12.3. The van der Waals surface area contributed by atoms with Crippen LogP contribution in [0.2, 0.25) is 0 Å². The molecule has 0 fully saturated rings. The third-order valence-electron chi connectivity index (χ3n) is 3.15. The lowest BCUT2D eigenvalue weighted by atomic mass is 10.1. The molecule has 0 aliphatic carbocycles. The Morgan fingerprint density at radius 1 is 0.952 bits per heavy atom. The van der Waals surface area contributed by atoms with Crippen molar-refractivity contribution in [2.24, 2.45) is 0 Å². The fourth-order valence-electron chi connectivity index (χ4n) is 1.87. The molecule has 0 amide bonds. The molecular weight excluding hydrogens is 258 g/mol. The van der Waals surface area contributed by atoms with Crippen LogP contribution >= 0.6 is 0 Å². The van der Waals surface area contributed by atoms with Crippen LogP contribution in [0.4, 0.5) is 0 Å². The number of hydrogen-bond donors (Lipinski definition) is 0. The number of nitriles is 1. The first kappa shape index (κ1) is 14.9. The zero-order chi connectivity index (χ0) is 14.9. The van der Waals surface area contributed by atoms with E-state index in [1.54, 1.807) is 0 Å². The molecule has 0 spiro atoms. The van der Waals surface area contributed by atoms with Crippen LogP contribution in [0.3, 0.4) is 0 Å². The van der Waals surface area contributed by atoms with Crippen LogP contribution in [0.25, 0.3) is 12.2 Å². The minimum atomic E-state index is 0.681. The maximum Gasteiger partial charge on any atom is 0.119 e. The minimum Gasteiger partial charge on any atom is -0.494 e. The normalized spacial score (nSPS) is 10.5. The summed E-state index contributed by atoms with van der Waals surface area (Å²) in [6.07, 6.45) is 6.32. The Balaban J connectivity index is 1.95. The van der Waals surface area contributed by atoms with Crippen molar-refractivity contribution in [3.8, 4) is 11.8 Å². The molecule has 2 aromatic carbocycles. The van der Waals surface area contributed by atoms with Crippen LogP contribution in [-0.4, -0.2) is 6.61 Å². The molecule has 0 saturated heterocycles. The molecule has 2 rings (SSSR count). The van der Waals surface area contributed by atoms with E-state index in [1.165, 1.54) is 0 Å². The highest BCUT2D eigenvalue weighted by Crippen LogP contribution is 2.15. The molecule has 0 aromatic heterocycles. The monoisotopic (exact) mass is 277 g/mol. The Morgan fingerprint density at radius 2 is 1.52 bits per heavy atom. The molecule has 0 heterocycles. The molecule has 0 aliphatic heterocycles. The Bertz CT molecular complexity index is 618. The van der Waals surface area contributed by atoms with E-state index in [1.807, 2.05) is 54.6 Å². The topological polar surface area (TPSA) is 33.0 Å². The second kappa shape index (κ2) is 7.91. The number of benzene rings is 2. The SMILES string of the molecule is CCCCOc1ccc(C=Cc2ccc(C#N)cc2)cc1. The lowest BCUT2D eigenvalue weighted by Gasteiger charge is -2.05. The van der Waals surface area contributed by atoms with Crippen LogP contribution < -0.4 is 4.74 Å². The molecule has 106 valence electrons. The van der Waals surface area contributed by atoms with E-state index in [0.717, 1.165) is 36.3 Å². The summed E-state index contributed by atoms with van der Waals surface area (Å²) in [7, 11) is 0. The predicted molar refractivity (Wildman–Crippen MR) is 86.9 cm³/mol. The number of unbranched alkanes of at least 4 members (excludes halogenated alkanes) is 1. The summed E-state index contributed by atoms with van der Waals surface area (Å²) in [5.74, 6) is 0.916. The number of hydrogen-bond acceptors (Lipinski definition) is 2. The van der Waals surface area contributed by atoms with Gasteiger partial charge in [-0.05, 0) is 41.8 Å². The summed E-state index contributed by atoms with van der Waals surface area (Å²) in [6, 6.07) is 17.7. The van der Waals surface area contributed by atoms with Gasteiger partial charge in [0.2, 0.25) is 0 Å². The van der Waals surface area contributed by atoms with Crippen LogP contribution in [0, 0.1) is 11.3 Å². The highest BCUT2D eigenvalue weighted by Gasteiger charge is 1.94. The molecule has 0 saturated carbocycles. The van der Waals surface area contributed by atoms with E-state index in [2.05, 4.69) is 19.1 Å². The number of nitrogens with zero attached hydrogens (tertiary/aromatic N) is 1. The van der Waals surface area contributed by atoms with Gasteiger partial charge in [0.05, 0.1) is 18.2 Å². The van der Waals surface area contributed by atoms with Crippen molar-refractivity contribution in [2.45, 2.75) is 19.8 Å². The van der Waals surface area contributed by atoms with Gasteiger partial charge < -0.3 is 4.74 Å². The minimum absolute atomic E-state index is 0.681. The lowest BCUT2D eigenvalue weighted by Crippen LogP contribution is -1.95. The Morgan fingerprint density at radius 3 is 2.05 bits per heavy atom. The first-order valence-electron chi connectivity index (χ1n) is 7.23. The van der Waals surface area contributed by atoms with Gasteiger partial charge in [0, 0.05) is 0 Å². The van der Waals surface area contributed by atoms with Gasteiger partial charge in [-0.15, -0.1) is 0 Å². The molecule has 0 radical (unpaired) electrons. The van der Waals surface area contributed by atoms with E-state index >= 15 is 0 Å². The fourth-order valence-corrected chi connectivity index (χ4v) is 1.87. The van der Waals surface area contributed by atoms with E-state index in [9.17, 15) is 0 Å². The van der Waals surface area contributed by atoms with Crippen molar-refractivity contribution in [3.63, 3.8) is 0 Å². The van der Waals surface area contributed by atoms with Crippen molar-refractivity contribution in [3.05, 3.63) is 65.2 Å². The quantitative estimate of drug-likeness (QED) is 0.555. The Labute approximate surface area is 126 Å². The summed E-state index contributed by atoms with van der Waals surface area (Å²) >= 11 is 0. The van der Waals surface area contributed by atoms with Gasteiger partial charge in [-0.1, -0.05) is 49.8 Å². The zero-order valence-corrected chi connectivity index (χ0v) is 12.3. The maximum atomic E-state index is 8.76. The van der Waals surface area contributed by atoms with E-state index in [4.69, 9.17) is 10.00 Å². The van der Waals surface area contributed by atoms with Crippen LogP contribution in [0.1, 0.15) is 36.5 Å². The highest BCUT2D eigenvalue weighted by atomic mass is 16.5. The van der Waals surface area contributed by atoms with Crippen LogP contribution in [0.15, 0.2) is 48.5 Å². The van der Waals surface area contributed by atoms with Crippen molar-refractivity contribution in [2.75, 3.05) is 6.61 Å². The van der Waals surface area contributed by atoms with Crippen LogP contribution in [0.5, 0.6) is 5.75 Å². The van der Waals surface area contributed by atoms with E-state index < -0.39 is 0 Å². The van der Waals surface area contributed by atoms with E-state index in [-0.39, 0.29) is 0 Å². The summed E-state index contributed by atoms with van der Waals surface area (Å²) in [5.41, 5.74) is 2.89. The molecule has 0 N–H and O–H groups in total. The van der Waals surface area contributed by atoms with Crippen LogP contribution in [-0.2, 0) is 0 Å². The summed E-state index contributed by atoms with van der Waals surface area (Å²) < 4.78 is 5.63. The number of rotatable bonds is 6. The van der Waals surface area contributed by atoms with Gasteiger partial charge in [0.25, 0.3) is 0 Å². The molecule has 0 unspecified atom stereocenters. The molecule has 0 aliphatic rings. The van der Waals surface area contributed by atoms with Gasteiger partial charge in [0.1, 0.15) is 5.75 Å². The third-order valence-corrected chi connectivity index (χ3v) is 3.15. The van der Waals surface area contributed by atoms with Gasteiger partial charge in [-0.25, -0.2) is 0 Å². The standard InChI is InChI=1S/C19H19NO/c1-2-3-14-21-19-12-10-17(11-13-19)5-4-16-6-8-18(15-20)9-7-16/h4-13H,2-3,14H2,1H3. The molecule has 2 aromatic rings. The fraction of sp³-hybridized carbons (Fsp3) is 0.211. The van der Waals surface area contributed by atoms with Gasteiger partial charge in [0.15, 0.2) is 0 Å². The van der Waals surface area contributed by atoms with Crippen molar-refractivity contribution >= 4 is 12.2 Å². The predicted octanol–water partition coefficient (Wildman–Crippen LogP) is 4.91. The molecule has 0 bridgehead atoms. The largest absolute Gasteiger partial charge is 0.494 e. The maximum absolute atomic E-state index is 8.76. The van der Waals surface area contributed by atoms with Gasteiger partial charge in [-0.2, -0.15) is 5.26 Å². The van der Waals surface area contributed by atoms with Gasteiger partial charge in [-0.3, -0.25) is 0 Å². The molecular formula is C19H19NO. The third kappa shape index (κ3) is 4.81. The lowest BCUT2D eigenvalue weighted by molar-refractivity contribution is 0.309. The Hall–Kier alpha value is -2.53. The molecule has 2 heteroatoms. The molecule has 2 nitrogen and oxygen atoms in total. The van der Waals surface area contributed by atoms with Crippen molar-refractivity contribution < 1.29 is 4.74 Å². The second-order valence-corrected chi connectivity index (χ2v) is 4.84. The van der Waals surface area contributed by atoms with E-state index in [0.29, 0.717) is 5.56 Å². The second-order valence-electron chi connectivity index (χ2n) is 4.84. The van der Waals surface area contributed by atoms with Crippen molar-refractivity contribution in [1.29, 1.82) is 5.26 Å². The molecule has 0 atom stereocenters. The smallest absolute Gasteiger partial charge is 0.119 e. The average molecular weight is 277 g/mol. The van der Waals surface area contributed by atoms with Gasteiger partial charge >= 0.3 is 0 Å². The Kier molecular flexibility index (Phi) is 5.60. The first-order valence-corrected chi connectivity index (χ1v) is 7.23. The number of ether oxygens (including phenoxy) is 1. The van der Waals surface area contributed by atoms with Crippen molar-refractivity contribution in [1.82, 2.24) is 0 Å². The average Bonchev–Trinajstić information content (AvgIpc) is 2.55. The summed E-state index contributed by atoms with van der Waals surface area (Å²) in [6.45, 7) is 2.93.